The van der Waals surface area contributed by atoms with Crippen LogP contribution < -0.4 is 9.64 Å². The minimum atomic E-state index is -0.451. The number of carbonyl (C=O) groups excluding carboxylic acids is 1. The maximum Gasteiger partial charge on any atom is 0.269 e. The molecule has 1 aliphatic rings. The molecular formula is C25H24N4O6. The third-order valence-corrected chi connectivity index (χ3v) is 5.90. The summed E-state index contributed by atoms with van der Waals surface area (Å²) in [7, 11) is 0. The highest BCUT2D eigenvalue weighted by molar-refractivity contribution is 5.78. The van der Waals surface area contributed by atoms with Crippen LogP contribution in [0.25, 0.3) is 0 Å². The minimum Gasteiger partial charge on any atom is -0.483 e. The zero-order valence-electron chi connectivity index (χ0n) is 18.9. The second-order valence-corrected chi connectivity index (χ2v) is 8.14. The Kier molecular flexibility index (Phi) is 7.20. The van der Waals surface area contributed by atoms with Crippen molar-refractivity contribution in [2.45, 2.75) is 6.42 Å². The number of nitro benzene ring substituents is 2. The normalized spacial score (nSPS) is 13.4. The van der Waals surface area contributed by atoms with Crippen LogP contribution in [-0.2, 0) is 11.2 Å². The number of non-ortho nitro benzene ring substituents is 2. The van der Waals surface area contributed by atoms with Gasteiger partial charge in [0.05, 0.1) is 9.85 Å². The van der Waals surface area contributed by atoms with E-state index < -0.39 is 9.85 Å². The second kappa shape index (κ2) is 10.6. The molecule has 0 unspecified atom stereocenters. The lowest BCUT2D eigenvalue weighted by Gasteiger charge is -2.36. The smallest absolute Gasteiger partial charge is 0.269 e. The number of hydrogen-bond donors (Lipinski definition) is 0. The van der Waals surface area contributed by atoms with E-state index in [1.54, 1.807) is 17.0 Å². The molecule has 10 heteroatoms. The zero-order valence-corrected chi connectivity index (χ0v) is 18.9. The Morgan fingerprint density at radius 1 is 0.829 bits per heavy atom. The van der Waals surface area contributed by atoms with Crippen LogP contribution in [0.4, 0.5) is 17.1 Å². The van der Waals surface area contributed by atoms with Gasteiger partial charge in [0, 0.05) is 68.1 Å². The van der Waals surface area contributed by atoms with Crippen LogP contribution in [0.1, 0.15) is 11.1 Å². The van der Waals surface area contributed by atoms with Gasteiger partial charge in [-0.05, 0) is 23.8 Å². The number of hydrogen-bond acceptors (Lipinski definition) is 7. The molecule has 0 aromatic heterocycles. The first kappa shape index (κ1) is 23.7. The van der Waals surface area contributed by atoms with Gasteiger partial charge >= 0.3 is 0 Å². The predicted octanol–water partition coefficient (Wildman–Crippen LogP) is 3.82. The molecule has 4 rings (SSSR count). The van der Waals surface area contributed by atoms with E-state index >= 15 is 0 Å². The van der Waals surface area contributed by atoms with E-state index in [0.29, 0.717) is 43.9 Å². The number of carbonyl (C=O) groups is 1. The molecule has 1 heterocycles. The van der Waals surface area contributed by atoms with Gasteiger partial charge in [-0.15, -0.1) is 0 Å². The summed E-state index contributed by atoms with van der Waals surface area (Å²) in [6.45, 7) is 2.02. The van der Waals surface area contributed by atoms with E-state index in [2.05, 4.69) is 4.90 Å². The summed E-state index contributed by atoms with van der Waals surface area (Å²) in [6.07, 6.45) is 0.444. The summed E-state index contributed by atoms with van der Waals surface area (Å²) >= 11 is 0. The Morgan fingerprint density at radius 2 is 1.46 bits per heavy atom. The van der Waals surface area contributed by atoms with Gasteiger partial charge in [0.25, 0.3) is 17.3 Å². The van der Waals surface area contributed by atoms with Crippen molar-refractivity contribution in [3.8, 4) is 5.75 Å². The molecule has 0 N–H and O–H groups in total. The first-order chi connectivity index (χ1) is 16.9. The molecule has 0 bridgehead atoms. The highest BCUT2D eigenvalue weighted by Gasteiger charge is 2.23. The molecule has 1 fully saturated rings. The molecule has 0 aliphatic carbocycles. The average Bonchev–Trinajstić information content (AvgIpc) is 2.88. The molecule has 3 aromatic rings. The molecule has 0 spiro atoms. The van der Waals surface area contributed by atoms with Gasteiger partial charge in [-0.2, -0.15) is 0 Å². The molecule has 1 amide bonds. The van der Waals surface area contributed by atoms with Crippen LogP contribution in [0.3, 0.4) is 0 Å². The summed E-state index contributed by atoms with van der Waals surface area (Å²) < 4.78 is 5.81. The highest BCUT2D eigenvalue weighted by atomic mass is 16.6. The number of anilines is 1. The molecule has 1 saturated heterocycles. The van der Waals surface area contributed by atoms with Crippen LogP contribution in [-0.4, -0.2) is 53.4 Å². The summed E-state index contributed by atoms with van der Waals surface area (Å²) in [4.78, 5) is 37.7. The fourth-order valence-corrected chi connectivity index (χ4v) is 4.00. The number of nitrogens with zero attached hydrogens (tertiary/aromatic N) is 4. The van der Waals surface area contributed by atoms with Crippen molar-refractivity contribution in [3.05, 3.63) is 104 Å². The third kappa shape index (κ3) is 5.91. The highest BCUT2D eigenvalue weighted by Crippen LogP contribution is 2.27. The lowest BCUT2D eigenvalue weighted by Crippen LogP contribution is -2.50. The number of amides is 1. The van der Waals surface area contributed by atoms with Crippen LogP contribution in [0, 0.1) is 20.2 Å². The third-order valence-electron chi connectivity index (χ3n) is 5.90. The molecule has 180 valence electrons. The average molecular weight is 476 g/mol. The van der Waals surface area contributed by atoms with E-state index in [1.165, 1.54) is 30.3 Å². The Labute approximate surface area is 201 Å². The SMILES string of the molecule is O=C(COc1ccc([N+](=O)[O-])cc1Cc1ccccc1)N1CCN(c2ccc([N+](=O)[O-])cc2)CC1. The van der Waals surface area contributed by atoms with E-state index in [4.69, 9.17) is 4.74 Å². The van der Waals surface area contributed by atoms with Gasteiger partial charge in [-0.3, -0.25) is 25.0 Å². The summed E-state index contributed by atoms with van der Waals surface area (Å²) in [6, 6.07) is 20.3. The van der Waals surface area contributed by atoms with E-state index in [-0.39, 0.29) is 23.9 Å². The maximum atomic E-state index is 12.8. The number of nitro groups is 2. The Bertz CT molecular complexity index is 1210. The summed E-state index contributed by atoms with van der Waals surface area (Å²) in [5.74, 6) is 0.273. The molecule has 1 aliphatic heterocycles. The van der Waals surface area contributed by atoms with E-state index in [0.717, 1.165) is 11.3 Å². The lowest BCUT2D eigenvalue weighted by atomic mass is 10.0. The lowest BCUT2D eigenvalue weighted by molar-refractivity contribution is -0.385. The molecule has 0 radical (unpaired) electrons. The van der Waals surface area contributed by atoms with Crippen molar-refractivity contribution in [2.24, 2.45) is 0 Å². The van der Waals surface area contributed by atoms with Crippen molar-refractivity contribution < 1.29 is 19.4 Å². The van der Waals surface area contributed by atoms with Crippen molar-refractivity contribution >= 4 is 23.0 Å². The van der Waals surface area contributed by atoms with Gasteiger partial charge in [-0.25, -0.2) is 0 Å². The monoisotopic (exact) mass is 476 g/mol. The van der Waals surface area contributed by atoms with Gasteiger partial charge in [0.2, 0.25) is 0 Å². The zero-order chi connectivity index (χ0) is 24.8. The van der Waals surface area contributed by atoms with Gasteiger partial charge in [0.15, 0.2) is 6.61 Å². The van der Waals surface area contributed by atoms with Crippen molar-refractivity contribution in [2.75, 3.05) is 37.7 Å². The molecule has 10 nitrogen and oxygen atoms in total. The molecule has 0 saturated carbocycles. The molecule has 3 aromatic carbocycles. The Balaban J connectivity index is 1.36. The number of rotatable bonds is 8. The first-order valence-electron chi connectivity index (χ1n) is 11.1. The van der Waals surface area contributed by atoms with Crippen LogP contribution in [0.15, 0.2) is 72.8 Å². The summed E-state index contributed by atoms with van der Waals surface area (Å²) in [5.41, 5.74) is 2.50. The topological polar surface area (TPSA) is 119 Å². The van der Waals surface area contributed by atoms with Crippen molar-refractivity contribution in [3.63, 3.8) is 0 Å². The number of ether oxygens (including phenoxy) is 1. The Hall–Kier alpha value is -4.47. The predicted molar refractivity (Wildman–Crippen MR) is 130 cm³/mol. The second-order valence-electron chi connectivity index (χ2n) is 8.14. The largest absolute Gasteiger partial charge is 0.483 e. The number of benzene rings is 3. The summed E-state index contributed by atoms with van der Waals surface area (Å²) in [5, 5.41) is 22.1. The van der Waals surface area contributed by atoms with E-state index in [9.17, 15) is 25.0 Å². The van der Waals surface area contributed by atoms with Gasteiger partial charge in [0.1, 0.15) is 5.75 Å². The fourth-order valence-electron chi connectivity index (χ4n) is 4.00. The van der Waals surface area contributed by atoms with Crippen LogP contribution in [0.5, 0.6) is 5.75 Å². The molecule has 0 atom stereocenters. The van der Waals surface area contributed by atoms with Crippen molar-refractivity contribution in [1.82, 2.24) is 4.90 Å². The number of piperazine rings is 1. The first-order valence-corrected chi connectivity index (χ1v) is 11.1. The van der Waals surface area contributed by atoms with Gasteiger partial charge in [-0.1, -0.05) is 30.3 Å². The van der Waals surface area contributed by atoms with Crippen LogP contribution in [0.2, 0.25) is 0 Å². The molecular weight excluding hydrogens is 452 g/mol. The fraction of sp³-hybridized carbons (Fsp3) is 0.240. The molecule has 35 heavy (non-hydrogen) atoms. The quantitative estimate of drug-likeness (QED) is 0.358. The standard InChI is InChI=1S/C25H24N4O6/c30-25(27-14-12-26(13-15-27)21-6-8-22(9-7-21)28(31)32)18-35-24-11-10-23(29(33)34)17-20(24)16-19-4-2-1-3-5-19/h1-11,17H,12-16,18H2. The van der Waals surface area contributed by atoms with Gasteiger partial charge < -0.3 is 14.5 Å². The van der Waals surface area contributed by atoms with Crippen LogP contribution >= 0.6 is 0 Å². The maximum absolute atomic E-state index is 12.8. The van der Waals surface area contributed by atoms with E-state index in [1.807, 2.05) is 30.3 Å². The van der Waals surface area contributed by atoms with Crippen molar-refractivity contribution in [1.29, 1.82) is 0 Å². The minimum absolute atomic E-state index is 0.0306. The Morgan fingerprint density at radius 3 is 2.09 bits per heavy atom.